The van der Waals surface area contributed by atoms with Gasteiger partial charge in [-0.3, -0.25) is 9.79 Å². The van der Waals surface area contributed by atoms with Gasteiger partial charge in [-0.1, -0.05) is 13.8 Å². The molecule has 1 saturated carbocycles. The van der Waals surface area contributed by atoms with Gasteiger partial charge in [0.1, 0.15) is 0 Å². The van der Waals surface area contributed by atoms with Crippen LogP contribution in [-0.4, -0.2) is 37.5 Å². The molecule has 0 bridgehead atoms. The van der Waals surface area contributed by atoms with Crippen LogP contribution in [0.4, 0.5) is 0 Å². The van der Waals surface area contributed by atoms with E-state index < -0.39 is 0 Å². The number of aliphatic imine (C=N–C) groups is 1. The fourth-order valence-corrected chi connectivity index (χ4v) is 1.64. The molecule has 1 amide bonds. The summed E-state index contributed by atoms with van der Waals surface area (Å²) in [4.78, 5) is 15.8. The molecule has 2 unspecified atom stereocenters. The van der Waals surface area contributed by atoms with E-state index in [0.717, 1.165) is 31.4 Å². The lowest BCUT2D eigenvalue weighted by molar-refractivity contribution is -0.120. The molecular formula is C13H26N4O. The Balaban J connectivity index is 2.24. The van der Waals surface area contributed by atoms with Crippen molar-refractivity contribution in [1.29, 1.82) is 0 Å². The van der Waals surface area contributed by atoms with E-state index in [4.69, 9.17) is 0 Å². The molecule has 1 rings (SSSR count). The van der Waals surface area contributed by atoms with Gasteiger partial charge in [-0.05, 0) is 25.7 Å². The highest BCUT2D eigenvalue weighted by atomic mass is 16.1. The van der Waals surface area contributed by atoms with Crippen LogP contribution < -0.4 is 16.0 Å². The summed E-state index contributed by atoms with van der Waals surface area (Å²) in [7, 11) is 0. The van der Waals surface area contributed by atoms with E-state index in [0.29, 0.717) is 19.0 Å². The SMILES string of the molecule is CCCNC(=O)CCN=C(NCC)NC1CC1C. The number of rotatable bonds is 7. The predicted molar refractivity (Wildman–Crippen MR) is 74.6 cm³/mol. The van der Waals surface area contributed by atoms with Crippen molar-refractivity contribution in [1.82, 2.24) is 16.0 Å². The highest BCUT2D eigenvalue weighted by Gasteiger charge is 2.33. The molecular weight excluding hydrogens is 228 g/mol. The summed E-state index contributed by atoms with van der Waals surface area (Å²) in [5.41, 5.74) is 0. The summed E-state index contributed by atoms with van der Waals surface area (Å²) in [5, 5.41) is 9.41. The largest absolute Gasteiger partial charge is 0.357 e. The van der Waals surface area contributed by atoms with Gasteiger partial charge in [0.15, 0.2) is 5.96 Å². The Bertz CT molecular complexity index is 291. The normalized spacial score (nSPS) is 22.5. The van der Waals surface area contributed by atoms with Crippen molar-refractivity contribution in [2.45, 2.75) is 46.1 Å². The minimum absolute atomic E-state index is 0.0799. The lowest BCUT2D eigenvalue weighted by Gasteiger charge is -2.10. The second-order valence-electron chi connectivity index (χ2n) is 4.82. The van der Waals surface area contributed by atoms with Crippen LogP contribution in [0.1, 0.15) is 40.0 Å². The molecule has 18 heavy (non-hydrogen) atoms. The molecule has 0 spiro atoms. The quantitative estimate of drug-likeness (QED) is 0.466. The van der Waals surface area contributed by atoms with E-state index in [9.17, 15) is 4.79 Å². The van der Waals surface area contributed by atoms with Crippen LogP contribution in [0, 0.1) is 5.92 Å². The van der Waals surface area contributed by atoms with E-state index in [-0.39, 0.29) is 5.91 Å². The summed E-state index contributed by atoms with van der Waals surface area (Å²) in [6.07, 6.45) is 2.64. The number of amides is 1. The molecule has 3 N–H and O–H groups in total. The fraction of sp³-hybridized carbons (Fsp3) is 0.846. The lowest BCUT2D eigenvalue weighted by Crippen LogP contribution is -2.39. The first-order valence-corrected chi connectivity index (χ1v) is 6.98. The minimum atomic E-state index is 0.0799. The minimum Gasteiger partial charge on any atom is -0.357 e. The molecule has 1 aliphatic carbocycles. The summed E-state index contributed by atoms with van der Waals surface area (Å²) >= 11 is 0. The van der Waals surface area contributed by atoms with Crippen molar-refractivity contribution >= 4 is 11.9 Å². The average molecular weight is 254 g/mol. The van der Waals surface area contributed by atoms with Gasteiger partial charge in [0.25, 0.3) is 0 Å². The van der Waals surface area contributed by atoms with Gasteiger partial charge in [-0.15, -0.1) is 0 Å². The first-order chi connectivity index (χ1) is 8.67. The maximum Gasteiger partial charge on any atom is 0.221 e. The van der Waals surface area contributed by atoms with Crippen LogP contribution in [0.3, 0.4) is 0 Å². The van der Waals surface area contributed by atoms with Crippen LogP contribution in [0.2, 0.25) is 0 Å². The number of nitrogens with one attached hydrogen (secondary N) is 3. The van der Waals surface area contributed by atoms with Gasteiger partial charge in [0.2, 0.25) is 5.91 Å². The molecule has 0 saturated heterocycles. The molecule has 5 nitrogen and oxygen atoms in total. The van der Waals surface area contributed by atoms with Crippen LogP contribution in [0.15, 0.2) is 4.99 Å². The van der Waals surface area contributed by atoms with Gasteiger partial charge in [-0.2, -0.15) is 0 Å². The molecule has 0 aromatic carbocycles. The van der Waals surface area contributed by atoms with Gasteiger partial charge in [-0.25, -0.2) is 0 Å². The van der Waals surface area contributed by atoms with Crippen molar-refractivity contribution in [3.8, 4) is 0 Å². The van der Waals surface area contributed by atoms with Crippen molar-refractivity contribution in [2.75, 3.05) is 19.6 Å². The van der Waals surface area contributed by atoms with Gasteiger partial charge in [0, 0.05) is 25.6 Å². The number of carbonyl (C=O) groups is 1. The zero-order chi connectivity index (χ0) is 13.4. The lowest BCUT2D eigenvalue weighted by atomic mass is 10.4. The highest BCUT2D eigenvalue weighted by molar-refractivity contribution is 5.81. The molecule has 0 aromatic rings. The molecule has 0 radical (unpaired) electrons. The zero-order valence-electron chi connectivity index (χ0n) is 11.8. The van der Waals surface area contributed by atoms with Crippen LogP contribution in [-0.2, 0) is 4.79 Å². The first kappa shape index (κ1) is 14.8. The van der Waals surface area contributed by atoms with E-state index in [1.807, 2.05) is 13.8 Å². The summed E-state index contributed by atoms with van der Waals surface area (Å²) < 4.78 is 0. The fourth-order valence-electron chi connectivity index (χ4n) is 1.64. The van der Waals surface area contributed by atoms with Crippen LogP contribution in [0.25, 0.3) is 0 Å². The molecule has 104 valence electrons. The maximum atomic E-state index is 11.4. The third-order valence-electron chi connectivity index (χ3n) is 2.96. The van der Waals surface area contributed by atoms with Crippen molar-refractivity contribution in [3.63, 3.8) is 0 Å². The van der Waals surface area contributed by atoms with Gasteiger partial charge >= 0.3 is 0 Å². The second kappa shape index (κ2) is 7.95. The molecule has 0 aliphatic heterocycles. The molecule has 0 heterocycles. The topological polar surface area (TPSA) is 65.5 Å². The Morgan fingerprint density at radius 2 is 2.06 bits per heavy atom. The molecule has 5 heteroatoms. The number of hydrogen-bond acceptors (Lipinski definition) is 2. The van der Waals surface area contributed by atoms with Crippen LogP contribution in [0.5, 0.6) is 0 Å². The molecule has 1 fully saturated rings. The van der Waals surface area contributed by atoms with Gasteiger partial charge < -0.3 is 16.0 Å². The van der Waals surface area contributed by atoms with E-state index >= 15 is 0 Å². The molecule has 0 aromatic heterocycles. The Hall–Kier alpha value is -1.26. The summed E-state index contributed by atoms with van der Waals surface area (Å²) in [5.74, 6) is 1.65. The second-order valence-corrected chi connectivity index (χ2v) is 4.82. The Labute approximate surface area is 110 Å². The highest BCUT2D eigenvalue weighted by Crippen LogP contribution is 2.28. The summed E-state index contributed by atoms with van der Waals surface area (Å²) in [6, 6.07) is 0.553. The first-order valence-electron chi connectivity index (χ1n) is 6.98. The van der Waals surface area contributed by atoms with Crippen LogP contribution >= 0.6 is 0 Å². The summed E-state index contributed by atoms with van der Waals surface area (Å²) in [6.45, 7) is 8.44. The van der Waals surface area contributed by atoms with Crippen molar-refractivity contribution in [2.24, 2.45) is 10.9 Å². The third-order valence-corrected chi connectivity index (χ3v) is 2.96. The average Bonchev–Trinajstić information content (AvgIpc) is 3.02. The Morgan fingerprint density at radius 3 is 2.61 bits per heavy atom. The van der Waals surface area contributed by atoms with Gasteiger partial charge in [0.05, 0.1) is 6.54 Å². The van der Waals surface area contributed by atoms with Crippen molar-refractivity contribution < 1.29 is 4.79 Å². The molecule has 1 aliphatic rings. The third kappa shape index (κ3) is 5.89. The number of nitrogens with zero attached hydrogens (tertiary/aromatic N) is 1. The number of carbonyl (C=O) groups excluding carboxylic acids is 1. The molecule has 2 atom stereocenters. The predicted octanol–water partition coefficient (Wildman–Crippen LogP) is 0.866. The standard InChI is InChI=1S/C13H26N4O/c1-4-7-15-12(18)6-8-16-13(14-5-2)17-11-9-10(11)3/h10-11H,4-9H2,1-3H3,(H,15,18)(H2,14,16,17). The Kier molecular flexibility index (Phi) is 6.54. The van der Waals surface area contributed by atoms with E-state index in [2.05, 4.69) is 27.9 Å². The number of hydrogen-bond donors (Lipinski definition) is 3. The zero-order valence-corrected chi connectivity index (χ0v) is 11.8. The van der Waals surface area contributed by atoms with E-state index in [1.165, 1.54) is 6.42 Å². The monoisotopic (exact) mass is 254 g/mol. The maximum absolute atomic E-state index is 11.4. The smallest absolute Gasteiger partial charge is 0.221 e. The Morgan fingerprint density at radius 1 is 1.33 bits per heavy atom. The van der Waals surface area contributed by atoms with Crippen molar-refractivity contribution in [3.05, 3.63) is 0 Å². The number of guanidine groups is 1. The van der Waals surface area contributed by atoms with E-state index in [1.54, 1.807) is 0 Å².